The zero-order chi connectivity index (χ0) is 19.6. The topological polar surface area (TPSA) is 66.4 Å². The maximum Gasteiger partial charge on any atom is 0.416 e. The second-order valence-corrected chi connectivity index (χ2v) is 6.48. The van der Waals surface area contributed by atoms with Crippen LogP contribution in [0, 0.1) is 0 Å². The number of carbonyl (C=O) groups is 2. The summed E-state index contributed by atoms with van der Waals surface area (Å²) in [6.45, 7) is 0.382. The monoisotopic (exact) mass is 377 g/mol. The molecule has 0 saturated carbocycles. The predicted molar refractivity (Wildman–Crippen MR) is 94.9 cm³/mol. The average Bonchev–Trinajstić information content (AvgIpc) is 2.97. The number of alkyl halides is 3. The van der Waals surface area contributed by atoms with Gasteiger partial charge in [-0.15, -0.1) is 0 Å². The average molecular weight is 377 g/mol. The van der Waals surface area contributed by atoms with Gasteiger partial charge in [0, 0.05) is 36.2 Å². The van der Waals surface area contributed by atoms with E-state index < -0.39 is 17.7 Å². The van der Waals surface area contributed by atoms with E-state index in [1.54, 1.807) is 6.07 Å². The van der Waals surface area contributed by atoms with Gasteiger partial charge in [-0.25, -0.2) is 0 Å². The summed E-state index contributed by atoms with van der Waals surface area (Å²) in [5.74, 6) is -0.860. The van der Waals surface area contributed by atoms with E-state index in [4.69, 9.17) is 5.11 Å². The smallest absolute Gasteiger partial charge is 0.416 e. The molecule has 0 spiro atoms. The van der Waals surface area contributed by atoms with Crippen molar-refractivity contribution in [2.24, 2.45) is 0 Å². The van der Waals surface area contributed by atoms with Crippen LogP contribution in [0.5, 0.6) is 0 Å². The minimum Gasteiger partial charge on any atom is -0.481 e. The first kappa shape index (κ1) is 18.9. The van der Waals surface area contributed by atoms with Crippen molar-refractivity contribution in [3.05, 3.63) is 53.1 Å². The van der Waals surface area contributed by atoms with Crippen molar-refractivity contribution in [1.29, 1.82) is 0 Å². The van der Waals surface area contributed by atoms with Crippen LogP contribution in [0.3, 0.4) is 0 Å². The lowest BCUT2D eigenvalue weighted by Crippen LogP contribution is -2.07. The highest BCUT2D eigenvalue weighted by atomic mass is 19.4. The van der Waals surface area contributed by atoms with Crippen molar-refractivity contribution in [3.8, 4) is 11.1 Å². The molecule has 0 aromatic heterocycles. The van der Waals surface area contributed by atoms with Gasteiger partial charge in [-0.2, -0.15) is 13.2 Å². The standard InChI is InChI=1S/C20H18F3NO3/c21-20(22,23)14-6-3-12(4-7-14)15-10-13-5-8-18(25)16(13)11-17(15)24-9-1-2-19(26)27/h3-4,6-7,10-11,24H,1-2,5,8-9H2,(H,26,27). The number of ketones is 1. The molecule has 27 heavy (non-hydrogen) atoms. The number of Topliss-reactive ketones (excluding diaryl/α,β-unsaturated/α-hetero) is 1. The van der Waals surface area contributed by atoms with Crippen molar-refractivity contribution in [1.82, 2.24) is 0 Å². The number of nitrogens with one attached hydrogen (secondary N) is 1. The molecule has 0 aliphatic heterocycles. The number of rotatable bonds is 6. The summed E-state index contributed by atoms with van der Waals surface area (Å²) in [5.41, 5.74) is 2.70. The van der Waals surface area contributed by atoms with Gasteiger partial charge in [-0.1, -0.05) is 12.1 Å². The van der Waals surface area contributed by atoms with Gasteiger partial charge in [0.15, 0.2) is 5.78 Å². The molecule has 0 heterocycles. The van der Waals surface area contributed by atoms with Gasteiger partial charge in [0.25, 0.3) is 0 Å². The number of anilines is 1. The highest BCUT2D eigenvalue weighted by molar-refractivity contribution is 6.02. The molecule has 0 atom stereocenters. The number of carbonyl (C=O) groups excluding carboxylic acids is 1. The van der Waals surface area contributed by atoms with E-state index in [-0.39, 0.29) is 12.2 Å². The largest absolute Gasteiger partial charge is 0.481 e. The van der Waals surface area contributed by atoms with Crippen LogP contribution in [0.4, 0.5) is 18.9 Å². The van der Waals surface area contributed by atoms with Crippen molar-refractivity contribution in [2.45, 2.75) is 31.9 Å². The van der Waals surface area contributed by atoms with E-state index >= 15 is 0 Å². The fourth-order valence-electron chi connectivity index (χ4n) is 3.18. The summed E-state index contributed by atoms with van der Waals surface area (Å²) in [6.07, 6.45) is -2.97. The number of hydrogen-bond donors (Lipinski definition) is 2. The fourth-order valence-corrected chi connectivity index (χ4v) is 3.18. The lowest BCUT2D eigenvalue weighted by molar-refractivity contribution is -0.138. The molecule has 2 N–H and O–H groups in total. The Hall–Kier alpha value is -2.83. The van der Waals surface area contributed by atoms with Gasteiger partial charge < -0.3 is 10.4 Å². The first-order valence-electron chi connectivity index (χ1n) is 8.59. The van der Waals surface area contributed by atoms with E-state index in [0.717, 1.165) is 17.7 Å². The molecule has 2 aromatic rings. The van der Waals surface area contributed by atoms with Gasteiger partial charge in [0.05, 0.1) is 5.56 Å². The van der Waals surface area contributed by atoms with E-state index in [2.05, 4.69) is 5.32 Å². The number of aliphatic carboxylic acids is 1. The van der Waals surface area contributed by atoms with E-state index in [0.29, 0.717) is 48.2 Å². The van der Waals surface area contributed by atoms with Gasteiger partial charge in [0.2, 0.25) is 0 Å². The Labute approximate surface area is 154 Å². The molecular weight excluding hydrogens is 359 g/mol. The quantitative estimate of drug-likeness (QED) is 0.711. The van der Waals surface area contributed by atoms with Crippen molar-refractivity contribution >= 4 is 17.4 Å². The summed E-state index contributed by atoms with van der Waals surface area (Å²) < 4.78 is 38.4. The lowest BCUT2D eigenvalue weighted by atomic mass is 9.97. The zero-order valence-electron chi connectivity index (χ0n) is 14.4. The van der Waals surface area contributed by atoms with Crippen LogP contribution < -0.4 is 5.32 Å². The van der Waals surface area contributed by atoms with E-state index in [9.17, 15) is 22.8 Å². The van der Waals surface area contributed by atoms with E-state index in [1.165, 1.54) is 12.1 Å². The Morgan fingerprint density at radius 2 is 1.78 bits per heavy atom. The van der Waals surface area contributed by atoms with Gasteiger partial charge in [-0.05, 0) is 48.2 Å². The summed E-state index contributed by atoms with van der Waals surface area (Å²) in [6, 6.07) is 8.43. The first-order valence-corrected chi connectivity index (χ1v) is 8.59. The van der Waals surface area contributed by atoms with E-state index in [1.807, 2.05) is 6.07 Å². The van der Waals surface area contributed by atoms with Gasteiger partial charge >= 0.3 is 12.1 Å². The SMILES string of the molecule is O=C(O)CCCNc1cc2c(cc1-c1ccc(C(F)(F)F)cc1)CCC2=O. The third-order valence-electron chi connectivity index (χ3n) is 4.57. The maximum atomic E-state index is 12.8. The molecule has 0 saturated heterocycles. The molecule has 142 valence electrons. The van der Waals surface area contributed by atoms with Crippen LogP contribution in [0.25, 0.3) is 11.1 Å². The third-order valence-corrected chi connectivity index (χ3v) is 4.57. The number of hydrogen-bond acceptors (Lipinski definition) is 3. The Morgan fingerprint density at radius 1 is 1.07 bits per heavy atom. The Balaban J connectivity index is 1.92. The first-order chi connectivity index (χ1) is 12.8. The van der Waals surface area contributed by atoms with Crippen molar-refractivity contribution in [2.75, 3.05) is 11.9 Å². The molecule has 4 nitrogen and oxygen atoms in total. The van der Waals surface area contributed by atoms with Crippen LogP contribution in [-0.4, -0.2) is 23.4 Å². The number of aryl methyl sites for hydroxylation is 1. The molecule has 1 aliphatic carbocycles. The number of fused-ring (bicyclic) bond motifs is 1. The normalized spacial score (nSPS) is 13.5. The zero-order valence-corrected chi connectivity index (χ0v) is 14.4. The van der Waals surface area contributed by atoms with Crippen molar-refractivity contribution < 1.29 is 27.9 Å². The third kappa shape index (κ3) is 4.30. The summed E-state index contributed by atoms with van der Waals surface area (Å²) in [5, 5.41) is 11.9. The molecule has 0 radical (unpaired) electrons. The fraction of sp³-hybridized carbons (Fsp3) is 0.300. The molecule has 0 amide bonds. The predicted octanol–water partition coefficient (Wildman–Crippen LogP) is 4.78. The molecule has 0 unspecified atom stereocenters. The molecule has 7 heteroatoms. The highest BCUT2D eigenvalue weighted by Gasteiger charge is 2.30. The minimum absolute atomic E-state index is 0.00643. The second kappa shape index (κ2) is 7.42. The Kier molecular flexibility index (Phi) is 5.21. The maximum absolute atomic E-state index is 12.8. The number of carboxylic acid groups (broad SMARTS) is 1. The summed E-state index contributed by atoms with van der Waals surface area (Å²) in [4.78, 5) is 22.7. The minimum atomic E-state index is -4.40. The number of benzene rings is 2. The van der Waals surface area contributed by atoms with Crippen LogP contribution in [-0.2, 0) is 17.4 Å². The van der Waals surface area contributed by atoms with Crippen LogP contribution in [0.1, 0.15) is 40.7 Å². The van der Waals surface area contributed by atoms with Crippen LogP contribution >= 0.6 is 0 Å². The van der Waals surface area contributed by atoms with Crippen molar-refractivity contribution in [3.63, 3.8) is 0 Å². The lowest BCUT2D eigenvalue weighted by Gasteiger charge is -2.15. The molecule has 0 fully saturated rings. The summed E-state index contributed by atoms with van der Waals surface area (Å²) >= 11 is 0. The number of halogens is 3. The molecule has 1 aliphatic rings. The Morgan fingerprint density at radius 3 is 2.41 bits per heavy atom. The molecule has 2 aromatic carbocycles. The summed E-state index contributed by atoms with van der Waals surface area (Å²) in [7, 11) is 0. The molecular formula is C20H18F3NO3. The Bertz CT molecular complexity index is 873. The number of carboxylic acids is 1. The molecule has 3 rings (SSSR count). The second-order valence-electron chi connectivity index (χ2n) is 6.48. The van der Waals surface area contributed by atoms with Crippen LogP contribution in [0.15, 0.2) is 36.4 Å². The highest BCUT2D eigenvalue weighted by Crippen LogP contribution is 2.36. The van der Waals surface area contributed by atoms with Gasteiger partial charge in [0.1, 0.15) is 0 Å². The molecule has 0 bridgehead atoms. The van der Waals surface area contributed by atoms with Crippen LogP contribution in [0.2, 0.25) is 0 Å². The van der Waals surface area contributed by atoms with Gasteiger partial charge in [-0.3, -0.25) is 9.59 Å².